The first-order valence-electron chi connectivity index (χ1n) is 7.96. The van der Waals surface area contributed by atoms with Gasteiger partial charge < -0.3 is 9.84 Å². The minimum Gasteiger partial charge on any atom is -0.359 e. The molecule has 0 aliphatic carbocycles. The molecular formula is C18H19FN4O2. The third-order valence-electron chi connectivity index (χ3n) is 3.91. The summed E-state index contributed by atoms with van der Waals surface area (Å²) in [6.07, 6.45) is 0. The summed E-state index contributed by atoms with van der Waals surface area (Å²) < 4.78 is 20.2. The second-order valence-corrected chi connectivity index (χ2v) is 5.95. The zero-order valence-corrected chi connectivity index (χ0v) is 14.3. The lowest BCUT2D eigenvalue weighted by Crippen LogP contribution is -2.31. The zero-order chi connectivity index (χ0) is 18.0. The maximum absolute atomic E-state index is 13.3. The standard InChI is InChI=1S/C18H19FN4O2/c1-11-7-12(2)23(21-11)13(3)18(24)20-10-16-9-17(22-25-16)14-5-4-6-15(19)8-14/h4-9,13H,10H2,1-3H3,(H,20,24)/t13-/m1/s1. The maximum atomic E-state index is 13.3. The van der Waals surface area contributed by atoms with Crippen LogP contribution in [0.5, 0.6) is 0 Å². The van der Waals surface area contributed by atoms with E-state index >= 15 is 0 Å². The van der Waals surface area contributed by atoms with Gasteiger partial charge in [-0.05, 0) is 39.0 Å². The Morgan fingerprint density at radius 2 is 2.12 bits per heavy atom. The van der Waals surface area contributed by atoms with Gasteiger partial charge in [0, 0.05) is 17.3 Å². The van der Waals surface area contributed by atoms with Crippen LogP contribution in [-0.2, 0) is 11.3 Å². The number of aryl methyl sites for hydroxylation is 2. The monoisotopic (exact) mass is 342 g/mol. The highest BCUT2D eigenvalue weighted by molar-refractivity contribution is 5.79. The summed E-state index contributed by atoms with van der Waals surface area (Å²) in [6, 6.07) is 9.27. The fourth-order valence-corrected chi connectivity index (χ4v) is 2.65. The van der Waals surface area contributed by atoms with Crippen molar-refractivity contribution < 1.29 is 13.7 Å². The van der Waals surface area contributed by atoms with Crippen molar-refractivity contribution in [3.63, 3.8) is 0 Å². The molecule has 1 N–H and O–H groups in total. The van der Waals surface area contributed by atoms with Gasteiger partial charge >= 0.3 is 0 Å². The normalized spacial score (nSPS) is 12.2. The highest BCUT2D eigenvalue weighted by atomic mass is 19.1. The van der Waals surface area contributed by atoms with Crippen molar-refractivity contribution in [3.05, 3.63) is 59.4 Å². The number of rotatable bonds is 5. The van der Waals surface area contributed by atoms with Crippen LogP contribution in [0, 0.1) is 19.7 Å². The fraction of sp³-hybridized carbons (Fsp3) is 0.278. The quantitative estimate of drug-likeness (QED) is 0.773. The minimum absolute atomic E-state index is 0.171. The fourth-order valence-electron chi connectivity index (χ4n) is 2.65. The lowest BCUT2D eigenvalue weighted by Gasteiger charge is -2.13. The first-order chi connectivity index (χ1) is 11.9. The van der Waals surface area contributed by atoms with E-state index in [1.165, 1.54) is 12.1 Å². The van der Waals surface area contributed by atoms with Crippen LogP contribution in [0.2, 0.25) is 0 Å². The molecule has 0 radical (unpaired) electrons. The Morgan fingerprint density at radius 1 is 1.32 bits per heavy atom. The molecule has 1 aromatic carbocycles. The average molecular weight is 342 g/mol. The number of benzene rings is 1. The third-order valence-corrected chi connectivity index (χ3v) is 3.91. The number of amides is 1. The zero-order valence-electron chi connectivity index (χ0n) is 14.3. The molecule has 0 fully saturated rings. The van der Waals surface area contributed by atoms with Crippen LogP contribution in [-0.4, -0.2) is 20.8 Å². The van der Waals surface area contributed by atoms with E-state index in [1.54, 1.807) is 29.8 Å². The molecule has 0 aliphatic heterocycles. The van der Waals surface area contributed by atoms with Crippen LogP contribution >= 0.6 is 0 Å². The Bertz CT molecular complexity index is 900. The van der Waals surface area contributed by atoms with Gasteiger partial charge in [0.05, 0.1) is 12.2 Å². The number of hydrogen-bond donors (Lipinski definition) is 1. The number of carbonyl (C=O) groups is 1. The second kappa shape index (κ2) is 6.88. The van der Waals surface area contributed by atoms with Crippen molar-refractivity contribution in [2.24, 2.45) is 0 Å². The number of aromatic nitrogens is 3. The van der Waals surface area contributed by atoms with E-state index in [4.69, 9.17) is 4.52 Å². The Balaban J connectivity index is 1.64. The minimum atomic E-state index is -0.431. The number of nitrogens with one attached hydrogen (secondary N) is 1. The van der Waals surface area contributed by atoms with Gasteiger partial charge in [-0.2, -0.15) is 5.10 Å². The number of hydrogen-bond acceptors (Lipinski definition) is 4. The molecule has 1 atom stereocenters. The van der Waals surface area contributed by atoms with Crippen molar-refractivity contribution in [1.82, 2.24) is 20.3 Å². The summed E-state index contributed by atoms with van der Waals surface area (Å²) in [7, 11) is 0. The Labute approximate surface area is 144 Å². The van der Waals surface area contributed by atoms with Gasteiger partial charge in [-0.1, -0.05) is 17.3 Å². The predicted octanol–water partition coefficient (Wildman–Crippen LogP) is 3.17. The summed E-state index contributed by atoms with van der Waals surface area (Å²) in [6.45, 7) is 5.78. The van der Waals surface area contributed by atoms with Crippen LogP contribution in [0.25, 0.3) is 11.3 Å². The first kappa shape index (κ1) is 16.9. The maximum Gasteiger partial charge on any atom is 0.244 e. The molecule has 0 unspecified atom stereocenters. The van der Waals surface area contributed by atoms with Crippen molar-refractivity contribution >= 4 is 5.91 Å². The summed E-state index contributed by atoms with van der Waals surface area (Å²) in [5, 5.41) is 11.0. The Hall–Kier alpha value is -2.96. The van der Waals surface area contributed by atoms with Gasteiger partial charge in [-0.15, -0.1) is 0 Å². The molecule has 25 heavy (non-hydrogen) atoms. The van der Waals surface area contributed by atoms with Crippen LogP contribution in [0.15, 0.2) is 40.9 Å². The molecule has 0 aliphatic rings. The molecular weight excluding hydrogens is 323 g/mol. The van der Waals surface area contributed by atoms with E-state index in [0.29, 0.717) is 17.0 Å². The molecule has 6 nitrogen and oxygen atoms in total. The molecule has 1 amide bonds. The molecule has 0 saturated carbocycles. The molecule has 0 spiro atoms. The van der Waals surface area contributed by atoms with Crippen molar-refractivity contribution in [3.8, 4) is 11.3 Å². The summed E-state index contributed by atoms with van der Waals surface area (Å²) >= 11 is 0. The largest absolute Gasteiger partial charge is 0.359 e. The molecule has 0 bridgehead atoms. The number of nitrogens with zero attached hydrogens (tertiary/aromatic N) is 3. The van der Waals surface area contributed by atoms with E-state index in [0.717, 1.165) is 11.4 Å². The first-order valence-corrected chi connectivity index (χ1v) is 7.96. The topological polar surface area (TPSA) is 73.0 Å². The van der Waals surface area contributed by atoms with Crippen LogP contribution < -0.4 is 5.32 Å². The molecule has 0 saturated heterocycles. The number of carbonyl (C=O) groups excluding carboxylic acids is 1. The van der Waals surface area contributed by atoms with Gasteiger partial charge in [0.1, 0.15) is 17.6 Å². The van der Waals surface area contributed by atoms with Gasteiger partial charge in [-0.3, -0.25) is 9.48 Å². The summed E-state index contributed by atoms with van der Waals surface area (Å²) in [5.74, 6) is -0.0165. The van der Waals surface area contributed by atoms with Crippen LogP contribution in [0.1, 0.15) is 30.1 Å². The van der Waals surface area contributed by atoms with E-state index in [-0.39, 0.29) is 18.3 Å². The Morgan fingerprint density at radius 3 is 2.80 bits per heavy atom. The third kappa shape index (κ3) is 3.76. The average Bonchev–Trinajstić information content (AvgIpc) is 3.18. The van der Waals surface area contributed by atoms with Gasteiger partial charge in [0.25, 0.3) is 0 Å². The molecule has 2 aromatic heterocycles. The molecule has 130 valence electrons. The molecule has 3 aromatic rings. The SMILES string of the molecule is Cc1cc(C)n([C@H](C)C(=O)NCc2cc(-c3cccc(F)c3)no2)n1. The summed E-state index contributed by atoms with van der Waals surface area (Å²) in [5.41, 5.74) is 2.94. The predicted molar refractivity (Wildman–Crippen MR) is 90.2 cm³/mol. The highest BCUT2D eigenvalue weighted by Gasteiger charge is 2.18. The van der Waals surface area contributed by atoms with E-state index < -0.39 is 6.04 Å². The highest BCUT2D eigenvalue weighted by Crippen LogP contribution is 2.20. The molecule has 7 heteroatoms. The van der Waals surface area contributed by atoms with Crippen molar-refractivity contribution in [2.75, 3.05) is 0 Å². The van der Waals surface area contributed by atoms with Crippen molar-refractivity contribution in [1.29, 1.82) is 0 Å². The smallest absolute Gasteiger partial charge is 0.244 e. The van der Waals surface area contributed by atoms with Crippen LogP contribution in [0.3, 0.4) is 0 Å². The van der Waals surface area contributed by atoms with Crippen molar-refractivity contribution in [2.45, 2.75) is 33.4 Å². The van der Waals surface area contributed by atoms with Gasteiger partial charge in [-0.25, -0.2) is 4.39 Å². The van der Waals surface area contributed by atoms with Crippen LogP contribution in [0.4, 0.5) is 4.39 Å². The van der Waals surface area contributed by atoms with Gasteiger partial charge in [0.15, 0.2) is 5.76 Å². The van der Waals surface area contributed by atoms with E-state index in [1.807, 2.05) is 19.9 Å². The Kier molecular flexibility index (Phi) is 4.65. The molecule has 3 rings (SSSR count). The van der Waals surface area contributed by atoms with Gasteiger partial charge in [0.2, 0.25) is 5.91 Å². The summed E-state index contributed by atoms with van der Waals surface area (Å²) in [4.78, 5) is 12.3. The van der Waals surface area contributed by atoms with E-state index in [9.17, 15) is 9.18 Å². The second-order valence-electron chi connectivity index (χ2n) is 5.95. The number of halogens is 1. The van der Waals surface area contributed by atoms with E-state index in [2.05, 4.69) is 15.6 Å². The lowest BCUT2D eigenvalue weighted by atomic mass is 10.1. The lowest BCUT2D eigenvalue weighted by molar-refractivity contribution is -0.124. The molecule has 2 heterocycles.